The molecule has 2 aromatic heterocycles. The lowest BCUT2D eigenvalue weighted by Gasteiger charge is -2.32. The predicted octanol–water partition coefficient (Wildman–Crippen LogP) is 2.94. The van der Waals surface area contributed by atoms with Gasteiger partial charge in [0.05, 0.1) is 5.69 Å². The minimum atomic E-state index is 0.700. The Morgan fingerprint density at radius 3 is 2.86 bits per heavy atom. The summed E-state index contributed by atoms with van der Waals surface area (Å²) in [6.45, 7) is 7.25. The summed E-state index contributed by atoms with van der Waals surface area (Å²) in [5.74, 6) is 1.56. The van der Waals surface area contributed by atoms with Crippen LogP contribution in [-0.4, -0.2) is 32.9 Å². The number of likely N-dealkylation sites (tertiary alicyclic amines) is 1. The molecule has 22 heavy (non-hydrogen) atoms. The molecule has 1 aliphatic rings. The van der Waals surface area contributed by atoms with Crippen molar-refractivity contribution in [1.82, 2.24) is 19.9 Å². The average molecular weight is 296 g/mol. The molecule has 0 N–H and O–H groups in total. The third-order valence-corrected chi connectivity index (χ3v) is 4.27. The Balaban J connectivity index is 1.59. The van der Waals surface area contributed by atoms with E-state index < -0.39 is 0 Å². The van der Waals surface area contributed by atoms with E-state index in [1.807, 2.05) is 19.2 Å². The molecule has 2 aromatic rings. The van der Waals surface area contributed by atoms with E-state index in [4.69, 9.17) is 0 Å². The molecule has 1 fully saturated rings. The van der Waals surface area contributed by atoms with Gasteiger partial charge in [-0.2, -0.15) is 0 Å². The van der Waals surface area contributed by atoms with E-state index in [0.717, 1.165) is 36.7 Å². The van der Waals surface area contributed by atoms with Crippen LogP contribution in [0, 0.1) is 19.8 Å². The van der Waals surface area contributed by atoms with Gasteiger partial charge in [-0.05, 0) is 63.8 Å². The number of nitrogens with zero attached hydrogens (tertiary/aromatic N) is 4. The first kappa shape index (κ1) is 15.1. The SMILES string of the molecule is Cc1cccc(C[C@H]2CCCN(Cc3ccnc(C)n3)C2)n1. The van der Waals surface area contributed by atoms with Gasteiger partial charge in [0.1, 0.15) is 5.82 Å². The Kier molecular flexibility index (Phi) is 4.78. The van der Waals surface area contributed by atoms with Gasteiger partial charge in [0.15, 0.2) is 0 Å². The van der Waals surface area contributed by atoms with Crippen LogP contribution in [0.15, 0.2) is 30.5 Å². The van der Waals surface area contributed by atoms with Gasteiger partial charge in [-0.25, -0.2) is 9.97 Å². The van der Waals surface area contributed by atoms with Crippen LogP contribution in [0.1, 0.15) is 35.7 Å². The molecular weight excluding hydrogens is 272 g/mol. The van der Waals surface area contributed by atoms with Gasteiger partial charge < -0.3 is 0 Å². The van der Waals surface area contributed by atoms with Crippen molar-refractivity contribution >= 4 is 0 Å². The Morgan fingerprint density at radius 1 is 1.14 bits per heavy atom. The van der Waals surface area contributed by atoms with Gasteiger partial charge in [-0.3, -0.25) is 9.88 Å². The topological polar surface area (TPSA) is 41.9 Å². The van der Waals surface area contributed by atoms with Crippen molar-refractivity contribution < 1.29 is 0 Å². The lowest BCUT2D eigenvalue weighted by atomic mass is 9.93. The summed E-state index contributed by atoms with van der Waals surface area (Å²) in [6.07, 6.45) is 5.51. The molecule has 1 saturated heterocycles. The van der Waals surface area contributed by atoms with Crippen molar-refractivity contribution in [3.8, 4) is 0 Å². The molecule has 0 radical (unpaired) electrons. The normalized spacial score (nSPS) is 19.3. The molecular formula is C18H24N4. The highest BCUT2D eigenvalue weighted by molar-refractivity contribution is 5.11. The number of hydrogen-bond acceptors (Lipinski definition) is 4. The maximum Gasteiger partial charge on any atom is 0.125 e. The van der Waals surface area contributed by atoms with Crippen molar-refractivity contribution in [2.75, 3.05) is 13.1 Å². The monoisotopic (exact) mass is 296 g/mol. The summed E-state index contributed by atoms with van der Waals surface area (Å²) in [4.78, 5) is 15.9. The second kappa shape index (κ2) is 6.97. The minimum absolute atomic E-state index is 0.700. The summed E-state index contributed by atoms with van der Waals surface area (Å²) in [6, 6.07) is 8.36. The van der Waals surface area contributed by atoms with Crippen molar-refractivity contribution in [3.63, 3.8) is 0 Å². The van der Waals surface area contributed by atoms with Crippen LogP contribution in [-0.2, 0) is 13.0 Å². The van der Waals surface area contributed by atoms with Crippen LogP contribution in [0.25, 0.3) is 0 Å². The van der Waals surface area contributed by atoms with Crippen molar-refractivity contribution in [2.24, 2.45) is 5.92 Å². The van der Waals surface area contributed by atoms with Crippen molar-refractivity contribution in [2.45, 2.75) is 39.7 Å². The number of rotatable bonds is 4. The van der Waals surface area contributed by atoms with Crippen molar-refractivity contribution in [1.29, 1.82) is 0 Å². The zero-order chi connectivity index (χ0) is 15.4. The highest BCUT2D eigenvalue weighted by atomic mass is 15.1. The molecule has 0 amide bonds. The molecule has 4 heteroatoms. The predicted molar refractivity (Wildman–Crippen MR) is 87.4 cm³/mol. The van der Waals surface area contributed by atoms with E-state index in [2.05, 4.69) is 45.0 Å². The summed E-state index contributed by atoms with van der Waals surface area (Å²) in [7, 11) is 0. The van der Waals surface area contributed by atoms with Crippen LogP contribution < -0.4 is 0 Å². The number of hydrogen-bond donors (Lipinski definition) is 0. The van der Waals surface area contributed by atoms with Gasteiger partial charge in [0.25, 0.3) is 0 Å². The maximum absolute atomic E-state index is 4.65. The van der Waals surface area contributed by atoms with Crippen LogP contribution in [0.2, 0.25) is 0 Å². The second-order valence-electron chi connectivity index (χ2n) is 6.31. The van der Waals surface area contributed by atoms with E-state index in [-0.39, 0.29) is 0 Å². The number of aryl methyl sites for hydroxylation is 2. The number of aromatic nitrogens is 3. The van der Waals surface area contributed by atoms with E-state index in [9.17, 15) is 0 Å². The summed E-state index contributed by atoms with van der Waals surface area (Å²) in [5.41, 5.74) is 3.47. The molecule has 3 rings (SSSR count). The fourth-order valence-corrected chi connectivity index (χ4v) is 3.29. The fraction of sp³-hybridized carbons (Fsp3) is 0.500. The summed E-state index contributed by atoms with van der Waals surface area (Å²) >= 11 is 0. The van der Waals surface area contributed by atoms with Gasteiger partial charge in [0.2, 0.25) is 0 Å². The van der Waals surface area contributed by atoms with Gasteiger partial charge in [-0.1, -0.05) is 6.07 Å². The standard InChI is InChI=1S/C18H24N4/c1-14-5-3-7-17(20-14)11-16-6-4-10-22(12-16)13-18-8-9-19-15(2)21-18/h3,5,7-9,16H,4,6,10-13H2,1-2H3/t16-/m1/s1. The molecule has 0 spiro atoms. The third-order valence-electron chi connectivity index (χ3n) is 4.27. The minimum Gasteiger partial charge on any atom is -0.297 e. The van der Waals surface area contributed by atoms with Gasteiger partial charge in [-0.15, -0.1) is 0 Å². The lowest BCUT2D eigenvalue weighted by molar-refractivity contribution is 0.164. The summed E-state index contributed by atoms with van der Waals surface area (Å²) < 4.78 is 0. The highest BCUT2D eigenvalue weighted by Crippen LogP contribution is 2.21. The number of piperidine rings is 1. The van der Waals surface area contributed by atoms with E-state index >= 15 is 0 Å². The van der Waals surface area contributed by atoms with Crippen LogP contribution >= 0.6 is 0 Å². The van der Waals surface area contributed by atoms with Crippen LogP contribution in [0.3, 0.4) is 0 Å². The Bertz CT molecular complexity index is 572. The second-order valence-corrected chi connectivity index (χ2v) is 6.31. The Hall–Kier alpha value is -1.81. The smallest absolute Gasteiger partial charge is 0.125 e. The first-order chi connectivity index (χ1) is 10.7. The molecule has 0 bridgehead atoms. The van der Waals surface area contributed by atoms with E-state index in [0.29, 0.717) is 5.92 Å². The van der Waals surface area contributed by atoms with Gasteiger partial charge >= 0.3 is 0 Å². The Morgan fingerprint density at radius 2 is 2.05 bits per heavy atom. The third kappa shape index (κ3) is 4.10. The summed E-state index contributed by atoms with van der Waals surface area (Å²) in [5, 5.41) is 0. The Labute approximate surface area is 132 Å². The van der Waals surface area contributed by atoms with Crippen molar-refractivity contribution in [3.05, 3.63) is 53.4 Å². The zero-order valence-electron chi connectivity index (χ0n) is 13.5. The molecule has 0 aliphatic carbocycles. The molecule has 3 heterocycles. The molecule has 0 unspecified atom stereocenters. The molecule has 0 saturated carbocycles. The quantitative estimate of drug-likeness (QED) is 0.870. The fourth-order valence-electron chi connectivity index (χ4n) is 3.29. The molecule has 4 nitrogen and oxygen atoms in total. The molecule has 1 aliphatic heterocycles. The van der Waals surface area contributed by atoms with Crippen LogP contribution in [0.4, 0.5) is 0 Å². The molecule has 1 atom stereocenters. The van der Waals surface area contributed by atoms with Crippen LogP contribution in [0.5, 0.6) is 0 Å². The average Bonchev–Trinajstić information content (AvgIpc) is 2.47. The highest BCUT2D eigenvalue weighted by Gasteiger charge is 2.21. The first-order valence-electron chi connectivity index (χ1n) is 8.12. The zero-order valence-corrected chi connectivity index (χ0v) is 13.5. The molecule has 116 valence electrons. The first-order valence-corrected chi connectivity index (χ1v) is 8.12. The molecule has 0 aromatic carbocycles. The lowest BCUT2D eigenvalue weighted by Crippen LogP contribution is -2.36. The largest absolute Gasteiger partial charge is 0.297 e. The van der Waals surface area contributed by atoms with E-state index in [1.54, 1.807) is 0 Å². The maximum atomic E-state index is 4.65. The van der Waals surface area contributed by atoms with Gasteiger partial charge in [0, 0.05) is 30.7 Å². The van der Waals surface area contributed by atoms with E-state index in [1.165, 1.54) is 25.1 Å². The number of pyridine rings is 1.